The van der Waals surface area contributed by atoms with E-state index in [2.05, 4.69) is 4.98 Å². The number of benzene rings is 1. The number of anilines is 2. The van der Waals surface area contributed by atoms with Crippen LogP contribution in [0, 0.1) is 0 Å². The Balaban J connectivity index is 2.60. The van der Waals surface area contributed by atoms with E-state index in [-0.39, 0.29) is 5.56 Å². The molecule has 4 N–H and O–H groups in total. The summed E-state index contributed by atoms with van der Waals surface area (Å²) < 4.78 is 1.48. The molecule has 0 aliphatic heterocycles. The van der Waals surface area contributed by atoms with Crippen molar-refractivity contribution < 1.29 is 0 Å². The lowest BCUT2D eigenvalue weighted by Gasteiger charge is -2.05. The Morgan fingerprint density at radius 2 is 1.88 bits per heavy atom. The predicted octanol–water partition coefficient (Wildman–Crippen LogP) is 1.01. The lowest BCUT2D eigenvalue weighted by molar-refractivity contribution is 1.08. The smallest absolute Gasteiger partial charge is 0.265 e. The normalized spacial score (nSPS) is 11.1. The summed E-state index contributed by atoms with van der Waals surface area (Å²) in [6.45, 7) is 0. The van der Waals surface area contributed by atoms with Crippen LogP contribution in [0.2, 0.25) is 0 Å². The maximum atomic E-state index is 12.2. The molecule has 0 bridgehead atoms. The van der Waals surface area contributed by atoms with Crippen LogP contribution in [0.3, 0.4) is 0 Å². The Hall–Kier alpha value is -2.56. The van der Waals surface area contributed by atoms with Gasteiger partial charge in [0.2, 0.25) is 0 Å². The highest BCUT2D eigenvalue weighted by atomic mass is 16.1. The SMILES string of the molecule is Nc1cc2nc3ccccn3c(=O)c2cc1N. The fourth-order valence-corrected chi connectivity index (χ4v) is 1.84. The molecule has 0 aliphatic carbocycles. The lowest BCUT2D eigenvalue weighted by atomic mass is 10.2. The molecule has 0 saturated heterocycles. The highest BCUT2D eigenvalue weighted by Gasteiger charge is 2.07. The molecular formula is C12H10N4O. The van der Waals surface area contributed by atoms with Crippen molar-refractivity contribution in [2.75, 3.05) is 11.5 Å². The average Bonchev–Trinajstić information content (AvgIpc) is 2.32. The molecule has 0 saturated carbocycles. The predicted molar refractivity (Wildman–Crippen MR) is 67.8 cm³/mol. The number of rotatable bonds is 0. The Kier molecular flexibility index (Phi) is 1.82. The number of nitrogen functional groups attached to an aromatic ring is 2. The zero-order valence-electron chi connectivity index (χ0n) is 8.92. The van der Waals surface area contributed by atoms with E-state index in [1.807, 2.05) is 6.07 Å². The first kappa shape index (κ1) is 9.65. The van der Waals surface area contributed by atoms with Crippen LogP contribution in [-0.2, 0) is 0 Å². The summed E-state index contributed by atoms with van der Waals surface area (Å²) in [5.41, 5.74) is 13.2. The molecule has 0 fully saturated rings. The van der Waals surface area contributed by atoms with E-state index in [0.717, 1.165) is 0 Å². The second kappa shape index (κ2) is 3.21. The van der Waals surface area contributed by atoms with Gasteiger partial charge in [0.05, 0.1) is 22.3 Å². The van der Waals surface area contributed by atoms with E-state index in [1.165, 1.54) is 4.40 Å². The summed E-state index contributed by atoms with van der Waals surface area (Å²) in [7, 11) is 0. The van der Waals surface area contributed by atoms with Gasteiger partial charge in [0.1, 0.15) is 5.65 Å². The van der Waals surface area contributed by atoms with E-state index in [1.54, 1.807) is 30.5 Å². The largest absolute Gasteiger partial charge is 0.397 e. The highest BCUT2D eigenvalue weighted by Crippen LogP contribution is 2.20. The third-order valence-corrected chi connectivity index (χ3v) is 2.72. The standard InChI is InChI=1S/C12H10N4O/c13-8-5-7-10(6-9(8)14)15-11-3-1-2-4-16(11)12(7)17/h1-6H,13-14H2. The van der Waals surface area contributed by atoms with Gasteiger partial charge in [-0.3, -0.25) is 9.20 Å². The summed E-state index contributed by atoms with van der Waals surface area (Å²) in [6.07, 6.45) is 1.68. The van der Waals surface area contributed by atoms with Crippen LogP contribution in [-0.4, -0.2) is 9.38 Å². The number of pyridine rings is 1. The lowest BCUT2D eigenvalue weighted by Crippen LogP contribution is -2.15. The van der Waals surface area contributed by atoms with E-state index < -0.39 is 0 Å². The van der Waals surface area contributed by atoms with E-state index >= 15 is 0 Å². The molecule has 84 valence electrons. The number of hydrogen-bond acceptors (Lipinski definition) is 4. The molecule has 0 spiro atoms. The average molecular weight is 226 g/mol. The minimum absolute atomic E-state index is 0.141. The summed E-state index contributed by atoms with van der Waals surface area (Å²) in [6, 6.07) is 8.57. The van der Waals surface area contributed by atoms with Gasteiger partial charge in [0, 0.05) is 6.20 Å². The molecule has 17 heavy (non-hydrogen) atoms. The van der Waals surface area contributed by atoms with Crippen molar-refractivity contribution in [1.82, 2.24) is 9.38 Å². The van der Waals surface area contributed by atoms with E-state index in [0.29, 0.717) is 27.9 Å². The Morgan fingerprint density at radius 3 is 2.71 bits per heavy atom. The van der Waals surface area contributed by atoms with Crippen LogP contribution in [0.25, 0.3) is 16.6 Å². The first-order chi connectivity index (χ1) is 8.16. The molecule has 0 atom stereocenters. The van der Waals surface area contributed by atoms with Crippen molar-refractivity contribution >= 4 is 27.9 Å². The maximum absolute atomic E-state index is 12.2. The number of aromatic nitrogens is 2. The van der Waals surface area contributed by atoms with Crippen molar-refractivity contribution in [3.05, 3.63) is 46.9 Å². The fourth-order valence-electron chi connectivity index (χ4n) is 1.84. The van der Waals surface area contributed by atoms with Crippen LogP contribution < -0.4 is 17.0 Å². The molecule has 0 radical (unpaired) electrons. The Bertz CT molecular complexity index is 791. The van der Waals surface area contributed by atoms with Gasteiger partial charge >= 0.3 is 0 Å². The van der Waals surface area contributed by atoms with Gasteiger partial charge in [0.25, 0.3) is 5.56 Å². The van der Waals surface area contributed by atoms with Gasteiger partial charge in [-0.1, -0.05) is 6.07 Å². The third-order valence-electron chi connectivity index (χ3n) is 2.72. The van der Waals surface area contributed by atoms with Gasteiger partial charge in [-0.15, -0.1) is 0 Å². The van der Waals surface area contributed by atoms with Crippen LogP contribution in [0.4, 0.5) is 11.4 Å². The molecule has 5 heteroatoms. The van der Waals surface area contributed by atoms with Gasteiger partial charge in [0.15, 0.2) is 0 Å². The van der Waals surface area contributed by atoms with Crippen molar-refractivity contribution in [2.24, 2.45) is 0 Å². The number of hydrogen-bond donors (Lipinski definition) is 2. The number of fused-ring (bicyclic) bond motifs is 2. The second-order valence-electron chi connectivity index (χ2n) is 3.84. The summed E-state index contributed by atoms with van der Waals surface area (Å²) in [5.74, 6) is 0. The van der Waals surface area contributed by atoms with E-state index in [4.69, 9.17) is 11.5 Å². The first-order valence-corrected chi connectivity index (χ1v) is 5.13. The summed E-state index contributed by atoms with van der Waals surface area (Å²) >= 11 is 0. The van der Waals surface area contributed by atoms with Crippen molar-refractivity contribution in [1.29, 1.82) is 0 Å². The molecule has 2 aromatic heterocycles. The third kappa shape index (κ3) is 1.32. The molecular weight excluding hydrogens is 216 g/mol. The van der Waals surface area contributed by atoms with Crippen molar-refractivity contribution in [3.63, 3.8) is 0 Å². The van der Waals surface area contributed by atoms with Crippen LogP contribution in [0.1, 0.15) is 0 Å². The Labute approximate surface area is 96.3 Å². The highest BCUT2D eigenvalue weighted by molar-refractivity contribution is 5.88. The van der Waals surface area contributed by atoms with Crippen LogP contribution in [0.5, 0.6) is 0 Å². The molecule has 0 unspecified atom stereocenters. The van der Waals surface area contributed by atoms with Crippen LogP contribution in [0.15, 0.2) is 41.3 Å². The molecule has 1 aromatic carbocycles. The van der Waals surface area contributed by atoms with Gasteiger partial charge in [-0.05, 0) is 24.3 Å². The summed E-state index contributed by atoms with van der Waals surface area (Å²) in [4.78, 5) is 16.5. The first-order valence-electron chi connectivity index (χ1n) is 5.13. The quantitative estimate of drug-likeness (QED) is 0.442. The molecule has 3 rings (SSSR count). The Morgan fingerprint density at radius 1 is 1.12 bits per heavy atom. The minimum Gasteiger partial charge on any atom is -0.397 e. The van der Waals surface area contributed by atoms with Gasteiger partial charge < -0.3 is 11.5 Å². The van der Waals surface area contributed by atoms with Crippen molar-refractivity contribution in [3.8, 4) is 0 Å². The topological polar surface area (TPSA) is 86.4 Å². The van der Waals surface area contributed by atoms with Gasteiger partial charge in [-0.25, -0.2) is 4.98 Å². The summed E-state index contributed by atoms with van der Waals surface area (Å²) in [5, 5.41) is 0.473. The zero-order chi connectivity index (χ0) is 12.0. The number of nitrogens with zero attached hydrogens (tertiary/aromatic N) is 2. The van der Waals surface area contributed by atoms with E-state index in [9.17, 15) is 4.79 Å². The monoisotopic (exact) mass is 226 g/mol. The minimum atomic E-state index is -0.141. The second-order valence-corrected chi connectivity index (χ2v) is 3.84. The zero-order valence-corrected chi connectivity index (χ0v) is 8.92. The van der Waals surface area contributed by atoms with Crippen molar-refractivity contribution in [2.45, 2.75) is 0 Å². The number of nitrogens with two attached hydrogens (primary N) is 2. The fraction of sp³-hybridized carbons (Fsp3) is 0. The molecule has 3 aromatic rings. The molecule has 0 aliphatic rings. The molecule has 2 heterocycles. The van der Waals surface area contributed by atoms with Gasteiger partial charge in [-0.2, -0.15) is 0 Å². The maximum Gasteiger partial charge on any atom is 0.265 e. The molecule has 5 nitrogen and oxygen atoms in total. The molecule has 0 amide bonds. The van der Waals surface area contributed by atoms with Crippen LogP contribution >= 0.6 is 0 Å².